The Hall–Kier alpha value is -0.720. The second-order valence-corrected chi connectivity index (χ2v) is 3.91. The molecule has 0 saturated heterocycles. The fourth-order valence-corrected chi connectivity index (χ4v) is 1.64. The van der Waals surface area contributed by atoms with Gasteiger partial charge in [0.25, 0.3) is 6.43 Å². The van der Waals surface area contributed by atoms with Gasteiger partial charge in [-0.3, -0.25) is 4.79 Å². The van der Waals surface area contributed by atoms with Crippen LogP contribution in [0.1, 0.15) is 29.3 Å². The molecule has 0 amide bonds. The quantitative estimate of drug-likeness (QED) is 0.673. The minimum absolute atomic E-state index is 0.183. The van der Waals surface area contributed by atoms with Gasteiger partial charge in [-0.25, -0.2) is 8.78 Å². The molecule has 0 bridgehead atoms. The molecule has 1 aromatic carbocycles. The highest BCUT2D eigenvalue weighted by molar-refractivity contribution is 14.1. The molecule has 0 aromatic heterocycles. The number of halogens is 3. The highest BCUT2D eigenvalue weighted by Crippen LogP contribution is 2.33. The average molecular weight is 312 g/mol. The van der Waals surface area contributed by atoms with Gasteiger partial charge in [-0.2, -0.15) is 0 Å². The van der Waals surface area contributed by atoms with Gasteiger partial charge in [0.05, 0.1) is 9.13 Å². The van der Waals surface area contributed by atoms with E-state index in [1.807, 2.05) is 0 Å². The van der Waals surface area contributed by atoms with Crippen LogP contribution < -0.4 is 0 Å². The number of phenolic OH excluding ortho intramolecular Hbond substituents is 1. The first-order chi connectivity index (χ1) is 6.43. The lowest BCUT2D eigenvalue weighted by Gasteiger charge is -2.07. The molecule has 1 aromatic rings. The molecule has 1 N–H and O–H groups in total. The van der Waals surface area contributed by atoms with Crippen LogP contribution in [0.25, 0.3) is 0 Å². The number of Topliss-reactive ketones (excluding diaryl/α,β-unsaturated/α-hetero) is 1. The molecule has 0 unspecified atom stereocenters. The van der Waals surface area contributed by atoms with E-state index in [-0.39, 0.29) is 14.9 Å². The summed E-state index contributed by atoms with van der Waals surface area (Å²) in [6, 6.07) is 2.40. The lowest BCUT2D eigenvalue weighted by atomic mass is 10.1. The molecule has 0 fully saturated rings. The Morgan fingerprint density at radius 2 is 2.07 bits per heavy atom. The SMILES string of the molecule is CC(=O)c1cc(I)c(O)c(C(F)F)c1. The molecule has 0 aliphatic heterocycles. The molecule has 2 nitrogen and oxygen atoms in total. The summed E-state index contributed by atoms with van der Waals surface area (Å²) in [4.78, 5) is 11.0. The lowest BCUT2D eigenvalue weighted by molar-refractivity contribution is 0.101. The summed E-state index contributed by atoms with van der Waals surface area (Å²) < 4.78 is 25.0. The van der Waals surface area contributed by atoms with Crippen LogP contribution in [0.2, 0.25) is 0 Å². The van der Waals surface area contributed by atoms with E-state index in [2.05, 4.69) is 0 Å². The number of carbonyl (C=O) groups is 1. The van der Waals surface area contributed by atoms with Crippen molar-refractivity contribution in [1.82, 2.24) is 0 Å². The molecular weight excluding hydrogens is 305 g/mol. The number of hydrogen-bond acceptors (Lipinski definition) is 2. The second kappa shape index (κ2) is 4.20. The largest absolute Gasteiger partial charge is 0.506 e. The van der Waals surface area contributed by atoms with Crippen LogP contribution in [0.15, 0.2) is 12.1 Å². The fraction of sp³-hybridized carbons (Fsp3) is 0.222. The molecule has 0 radical (unpaired) electrons. The third kappa shape index (κ3) is 2.20. The molecule has 0 saturated carbocycles. The minimum atomic E-state index is -2.78. The number of rotatable bonds is 2. The Kier molecular flexibility index (Phi) is 3.41. The standard InChI is InChI=1S/C9H7F2IO2/c1-4(13)5-2-6(9(10)11)8(14)7(12)3-5/h2-3,9,14H,1H3. The van der Waals surface area contributed by atoms with Gasteiger partial charge in [0.2, 0.25) is 0 Å². The van der Waals surface area contributed by atoms with Gasteiger partial charge in [-0.05, 0) is 41.6 Å². The molecule has 1 rings (SSSR count). The predicted molar refractivity (Wildman–Crippen MR) is 55.8 cm³/mol. The van der Waals surface area contributed by atoms with Gasteiger partial charge < -0.3 is 5.11 Å². The fourth-order valence-electron chi connectivity index (χ4n) is 0.990. The van der Waals surface area contributed by atoms with E-state index in [4.69, 9.17) is 0 Å². The zero-order valence-electron chi connectivity index (χ0n) is 7.22. The van der Waals surface area contributed by atoms with Crippen molar-refractivity contribution in [2.75, 3.05) is 0 Å². The first-order valence-electron chi connectivity index (χ1n) is 3.75. The maximum atomic E-state index is 12.4. The molecule has 76 valence electrons. The summed E-state index contributed by atoms with van der Waals surface area (Å²) in [6.07, 6.45) is -2.78. The van der Waals surface area contributed by atoms with Crippen molar-refractivity contribution in [2.45, 2.75) is 13.3 Å². The van der Waals surface area contributed by atoms with E-state index in [9.17, 15) is 18.7 Å². The molecule has 0 atom stereocenters. The molecule has 0 spiro atoms. The Morgan fingerprint density at radius 3 is 2.50 bits per heavy atom. The summed E-state index contributed by atoms with van der Waals surface area (Å²) in [5.41, 5.74) is -0.315. The van der Waals surface area contributed by atoms with E-state index in [0.29, 0.717) is 0 Å². The van der Waals surface area contributed by atoms with Gasteiger partial charge in [-0.1, -0.05) is 0 Å². The lowest BCUT2D eigenvalue weighted by Crippen LogP contribution is -1.97. The van der Waals surface area contributed by atoms with Crippen LogP contribution in [0.3, 0.4) is 0 Å². The van der Waals surface area contributed by atoms with E-state index in [1.54, 1.807) is 22.6 Å². The Balaban J connectivity index is 3.35. The van der Waals surface area contributed by atoms with Crippen LogP contribution in [-0.4, -0.2) is 10.9 Å². The normalized spacial score (nSPS) is 10.6. The third-order valence-corrected chi connectivity index (χ3v) is 2.56. The van der Waals surface area contributed by atoms with Gasteiger partial charge in [0.15, 0.2) is 5.78 Å². The molecule has 0 heterocycles. The highest BCUT2D eigenvalue weighted by atomic mass is 127. The maximum absolute atomic E-state index is 12.4. The molecule has 14 heavy (non-hydrogen) atoms. The number of phenols is 1. The number of aromatic hydroxyl groups is 1. The number of benzene rings is 1. The first kappa shape index (κ1) is 11.4. The van der Waals surface area contributed by atoms with Crippen molar-refractivity contribution in [3.8, 4) is 5.75 Å². The highest BCUT2D eigenvalue weighted by Gasteiger charge is 2.17. The van der Waals surface area contributed by atoms with Crippen molar-refractivity contribution in [3.63, 3.8) is 0 Å². The van der Waals surface area contributed by atoms with Gasteiger partial charge in [0, 0.05) is 5.56 Å². The van der Waals surface area contributed by atoms with Crippen molar-refractivity contribution < 1.29 is 18.7 Å². The zero-order valence-corrected chi connectivity index (χ0v) is 9.38. The minimum Gasteiger partial charge on any atom is -0.506 e. The number of alkyl halides is 2. The molecule has 0 aliphatic rings. The van der Waals surface area contributed by atoms with E-state index in [1.165, 1.54) is 13.0 Å². The number of ketones is 1. The summed E-state index contributed by atoms with van der Waals surface area (Å²) in [5.74, 6) is -0.754. The van der Waals surface area contributed by atoms with Crippen LogP contribution in [0.5, 0.6) is 5.75 Å². The van der Waals surface area contributed by atoms with Crippen molar-refractivity contribution in [1.29, 1.82) is 0 Å². The first-order valence-corrected chi connectivity index (χ1v) is 4.83. The van der Waals surface area contributed by atoms with Gasteiger partial charge in [-0.15, -0.1) is 0 Å². The second-order valence-electron chi connectivity index (χ2n) is 2.75. The number of hydrogen-bond donors (Lipinski definition) is 1. The van der Waals surface area contributed by atoms with Crippen LogP contribution >= 0.6 is 22.6 Å². The molecule has 0 aliphatic carbocycles. The Labute approximate surface area is 93.1 Å². The zero-order chi connectivity index (χ0) is 10.9. The molecular formula is C9H7F2IO2. The summed E-state index contributed by atoms with van der Waals surface area (Å²) in [5, 5.41) is 9.28. The smallest absolute Gasteiger partial charge is 0.267 e. The predicted octanol–water partition coefficient (Wildman–Crippen LogP) is 3.14. The molecule has 5 heteroatoms. The Morgan fingerprint density at radius 1 is 1.50 bits per heavy atom. The van der Waals surface area contributed by atoms with Crippen LogP contribution in [0.4, 0.5) is 8.78 Å². The van der Waals surface area contributed by atoms with E-state index in [0.717, 1.165) is 6.07 Å². The van der Waals surface area contributed by atoms with E-state index >= 15 is 0 Å². The summed E-state index contributed by atoms with van der Waals surface area (Å²) in [6.45, 7) is 1.29. The summed E-state index contributed by atoms with van der Waals surface area (Å²) >= 11 is 1.71. The van der Waals surface area contributed by atoms with Gasteiger partial charge in [0.1, 0.15) is 5.75 Å². The topological polar surface area (TPSA) is 37.3 Å². The third-order valence-electron chi connectivity index (χ3n) is 1.73. The monoisotopic (exact) mass is 312 g/mol. The van der Waals surface area contributed by atoms with Crippen LogP contribution in [-0.2, 0) is 0 Å². The van der Waals surface area contributed by atoms with Crippen LogP contribution in [0, 0.1) is 3.57 Å². The van der Waals surface area contributed by atoms with Crippen molar-refractivity contribution >= 4 is 28.4 Å². The van der Waals surface area contributed by atoms with E-state index < -0.39 is 17.7 Å². The number of carbonyl (C=O) groups excluding carboxylic acids is 1. The Bertz CT molecular complexity index is 377. The summed E-state index contributed by atoms with van der Waals surface area (Å²) in [7, 11) is 0. The van der Waals surface area contributed by atoms with Gasteiger partial charge >= 0.3 is 0 Å². The van der Waals surface area contributed by atoms with Crippen molar-refractivity contribution in [2.24, 2.45) is 0 Å². The van der Waals surface area contributed by atoms with Crippen molar-refractivity contribution in [3.05, 3.63) is 26.8 Å². The maximum Gasteiger partial charge on any atom is 0.267 e. The average Bonchev–Trinajstić information content (AvgIpc) is 2.08.